The molecule has 0 unspecified atom stereocenters. The third-order valence-electron chi connectivity index (χ3n) is 5.75. The van der Waals surface area contributed by atoms with E-state index in [1.165, 1.54) is 23.8 Å². The summed E-state index contributed by atoms with van der Waals surface area (Å²) in [6, 6.07) is 21.0. The number of carbonyl (C=O) groups is 2. The Morgan fingerprint density at radius 2 is 1.56 bits per heavy atom. The molecule has 0 aromatic heterocycles. The first-order valence-corrected chi connectivity index (χ1v) is 10.8. The van der Waals surface area contributed by atoms with E-state index < -0.39 is 5.82 Å². The second-order valence-electron chi connectivity index (χ2n) is 7.84. The minimum atomic E-state index is -0.441. The number of nitrogens with one attached hydrogen (secondary N) is 1. The lowest BCUT2D eigenvalue weighted by atomic mass is 10.1. The highest BCUT2D eigenvalue weighted by Gasteiger charge is 2.22. The van der Waals surface area contributed by atoms with Crippen LogP contribution in [0, 0.1) is 5.82 Å². The average molecular weight is 432 g/mol. The number of benzene rings is 3. The van der Waals surface area contributed by atoms with E-state index in [0.717, 1.165) is 30.8 Å². The number of anilines is 2. The van der Waals surface area contributed by atoms with Crippen molar-refractivity contribution in [3.63, 3.8) is 0 Å². The van der Waals surface area contributed by atoms with Gasteiger partial charge in [0, 0.05) is 48.7 Å². The fourth-order valence-electron chi connectivity index (χ4n) is 3.82. The molecule has 1 aliphatic heterocycles. The monoisotopic (exact) mass is 431 g/mol. The van der Waals surface area contributed by atoms with Crippen LogP contribution in [0.3, 0.4) is 0 Å². The molecule has 1 aliphatic rings. The molecule has 0 saturated carbocycles. The lowest BCUT2D eigenvalue weighted by molar-refractivity contribution is 0.0746. The van der Waals surface area contributed by atoms with Crippen LogP contribution in [0.5, 0.6) is 0 Å². The number of hydrogen-bond acceptors (Lipinski definition) is 3. The van der Waals surface area contributed by atoms with E-state index in [1.807, 2.05) is 53.4 Å². The molecule has 1 saturated heterocycles. The Kier molecular flexibility index (Phi) is 6.50. The van der Waals surface area contributed by atoms with E-state index in [2.05, 4.69) is 17.1 Å². The molecular weight excluding hydrogens is 405 g/mol. The lowest BCUT2D eigenvalue weighted by Gasteiger charge is -2.36. The highest BCUT2D eigenvalue weighted by atomic mass is 19.1. The predicted molar refractivity (Wildman–Crippen MR) is 125 cm³/mol. The van der Waals surface area contributed by atoms with Crippen LogP contribution < -0.4 is 10.2 Å². The molecule has 3 aromatic rings. The number of amides is 2. The molecule has 5 nitrogen and oxygen atoms in total. The van der Waals surface area contributed by atoms with Gasteiger partial charge in [0.1, 0.15) is 5.82 Å². The smallest absolute Gasteiger partial charge is 0.255 e. The Hall–Kier alpha value is -3.67. The summed E-state index contributed by atoms with van der Waals surface area (Å²) in [7, 11) is 0. The van der Waals surface area contributed by atoms with Gasteiger partial charge in [0.15, 0.2) is 0 Å². The van der Waals surface area contributed by atoms with Crippen molar-refractivity contribution in [1.82, 2.24) is 4.90 Å². The van der Waals surface area contributed by atoms with Crippen molar-refractivity contribution in [2.75, 3.05) is 36.4 Å². The second-order valence-corrected chi connectivity index (χ2v) is 7.84. The normalized spacial score (nSPS) is 13.7. The lowest BCUT2D eigenvalue weighted by Crippen LogP contribution is -2.48. The third-order valence-corrected chi connectivity index (χ3v) is 5.75. The molecule has 32 heavy (non-hydrogen) atoms. The molecule has 3 aromatic carbocycles. The third kappa shape index (κ3) is 4.97. The van der Waals surface area contributed by atoms with Gasteiger partial charge in [-0.05, 0) is 66.6 Å². The van der Waals surface area contributed by atoms with Gasteiger partial charge in [-0.2, -0.15) is 0 Å². The molecule has 0 atom stereocenters. The van der Waals surface area contributed by atoms with E-state index in [4.69, 9.17) is 0 Å². The molecule has 1 heterocycles. The maximum Gasteiger partial charge on any atom is 0.255 e. The fourth-order valence-corrected chi connectivity index (χ4v) is 3.82. The summed E-state index contributed by atoms with van der Waals surface area (Å²) in [6.07, 6.45) is 0.959. The number of piperazine rings is 1. The minimum Gasteiger partial charge on any atom is -0.368 e. The first kappa shape index (κ1) is 21.6. The molecule has 0 spiro atoms. The predicted octanol–water partition coefficient (Wildman–Crippen LogP) is 4.60. The van der Waals surface area contributed by atoms with Crippen LogP contribution >= 0.6 is 0 Å². The molecule has 0 bridgehead atoms. The van der Waals surface area contributed by atoms with Gasteiger partial charge in [-0.25, -0.2) is 4.39 Å². The number of aryl methyl sites for hydroxylation is 1. The van der Waals surface area contributed by atoms with Crippen LogP contribution in [-0.4, -0.2) is 42.9 Å². The average Bonchev–Trinajstić information content (AvgIpc) is 2.84. The first-order chi connectivity index (χ1) is 15.5. The highest BCUT2D eigenvalue weighted by Crippen LogP contribution is 2.21. The van der Waals surface area contributed by atoms with E-state index >= 15 is 0 Å². The van der Waals surface area contributed by atoms with E-state index in [9.17, 15) is 14.0 Å². The largest absolute Gasteiger partial charge is 0.368 e. The van der Waals surface area contributed by atoms with Gasteiger partial charge < -0.3 is 15.1 Å². The van der Waals surface area contributed by atoms with Crippen molar-refractivity contribution in [2.24, 2.45) is 0 Å². The van der Waals surface area contributed by atoms with Crippen molar-refractivity contribution in [3.8, 4) is 0 Å². The van der Waals surface area contributed by atoms with Crippen LogP contribution in [0.1, 0.15) is 33.2 Å². The van der Waals surface area contributed by atoms with Crippen molar-refractivity contribution in [2.45, 2.75) is 13.3 Å². The molecule has 1 fully saturated rings. The van der Waals surface area contributed by atoms with Gasteiger partial charge >= 0.3 is 0 Å². The SMILES string of the molecule is CCc1ccc(C(=O)N2CCN(c3ccc(NC(=O)c4cccc(F)c4)cc3)CC2)cc1. The van der Waals surface area contributed by atoms with Crippen molar-refractivity contribution in [3.05, 3.63) is 95.3 Å². The van der Waals surface area contributed by atoms with Crippen molar-refractivity contribution < 1.29 is 14.0 Å². The van der Waals surface area contributed by atoms with Crippen LogP contribution in [-0.2, 0) is 6.42 Å². The summed E-state index contributed by atoms with van der Waals surface area (Å²) in [5.41, 5.74) is 3.91. The molecule has 164 valence electrons. The molecule has 6 heteroatoms. The number of halogens is 1. The van der Waals surface area contributed by atoms with Crippen molar-refractivity contribution >= 4 is 23.2 Å². The quantitative estimate of drug-likeness (QED) is 0.642. The van der Waals surface area contributed by atoms with Crippen LogP contribution in [0.25, 0.3) is 0 Å². The molecule has 0 radical (unpaired) electrons. The van der Waals surface area contributed by atoms with Gasteiger partial charge in [-0.15, -0.1) is 0 Å². The summed E-state index contributed by atoms with van der Waals surface area (Å²) >= 11 is 0. The Morgan fingerprint density at radius 3 is 2.19 bits per heavy atom. The Bertz CT molecular complexity index is 1090. The van der Waals surface area contributed by atoms with E-state index in [1.54, 1.807) is 6.07 Å². The van der Waals surface area contributed by atoms with E-state index in [0.29, 0.717) is 18.8 Å². The molecule has 1 N–H and O–H groups in total. The summed E-state index contributed by atoms with van der Waals surface area (Å²) < 4.78 is 13.3. The molecular formula is C26H26FN3O2. The maximum absolute atomic E-state index is 13.3. The minimum absolute atomic E-state index is 0.0720. The van der Waals surface area contributed by atoms with Crippen LogP contribution in [0.15, 0.2) is 72.8 Å². The molecule has 2 amide bonds. The first-order valence-electron chi connectivity index (χ1n) is 10.8. The summed E-state index contributed by atoms with van der Waals surface area (Å²) in [6.45, 7) is 4.90. The topological polar surface area (TPSA) is 52.7 Å². The van der Waals surface area contributed by atoms with Gasteiger partial charge in [0.25, 0.3) is 11.8 Å². The zero-order chi connectivity index (χ0) is 22.5. The van der Waals surface area contributed by atoms with E-state index in [-0.39, 0.29) is 17.4 Å². The van der Waals surface area contributed by atoms with Gasteiger partial charge in [0.2, 0.25) is 0 Å². The number of hydrogen-bond donors (Lipinski definition) is 1. The summed E-state index contributed by atoms with van der Waals surface area (Å²) in [5.74, 6) is -0.720. The number of nitrogens with zero attached hydrogens (tertiary/aromatic N) is 2. The Morgan fingerprint density at radius 1 is 0.875 bits per heavy atom. The van der Waals surface area contributed by atoms with Crippen LogP contribution in [0.2, 0.25) is 0 Å². The Labute approximate surface area is 187 Å². The number of rotatable bonds is 5. The molecule has 4 rings (SSSR count). The summed E-state index contributed by atoms with van der Waals surface area (Å²) in [4.78, 5) is 29.2. The molecule has 0 aliphatic carbocycles. The van der Waals surface area contributed by atoms with Crippen molar-refractivity contribution in [1.29, 1.82) is 0 Å². The second kappa shape index (κ2) is 9.64. The Balaban J connectivity index is 1.32. The number of carbonyl (C=O) groups excluding carboxylic acids is 2. The van der Waals surface area contributed by atoms with Crippen LogP contribution in [0.4, 0.5) is 15.8 Å². The maximum atomic E-state index is 13.3. The van der Waals surface area contributed by atoms with Gasteiger partial charge in [-0.1, -0.05) is 25.1 Å². The highest BCUT2D eigenvalue weighted by molar-refractivity contribution is 6.04. The van der Waals surface area contributed by atoms with Gasteiger partial charge in [0.05, 0.1) is 0 Å². The zero-order valence-electron chi connectivity index (χ0n) is 18.1. The zero-order valence-corrected chi connectivity index (χ0v) is 18.1. The fraction of sp³-hybridized carbons (Fsp3) is 0.231. The standard InChI is InChI=1S/C26H26FN3O2/c1-2-19-6-8-20(9-7-19)26(32)30-16-14-29(15-17-30)24-12-10-23(11-13-24)28-25(31)21-4-3-5-22(27)18-21/h3-13,18H,2,14-17H2,1H3,(H,28,31). The van der Waals surface area contributed by atoms with Gasteiger partial charge in [-0.3, -0.25) is 9.59 Å². The summed E-state index contributed by atoms with van der Waals surface area (Å²) in [5, 5.41) is 2.79.